The van der Waals surface area contributed by atoms with Crippen LogP contribution in [0.25, 0.3) is 0 Å². The van der Waals surface area contributed by atoms with E-state index in [0.29, 0.717) is 0 Å². The van der Waals surface area contributed by atoms with Crippen molar-refractivity contribution in [2.75, 3.05) is 0 Å². The van der Waals surface area contributed by atoms with Crippen LogP contribution in [0.3, 0.4) is 0 Å². The standard InChI is InChI=1S/C18H14NOP.H2O4S/c19-21(14-8-2-1-3-9-14)17-12-6-4-10-15(17)20-16-11-5-7-13-18(16)21;1-5(2,3)4/h1-13,19H;(H2,1,2,3,4). The molecule has 0 fully saturated rings. The van der Waals surface area contributed by atoms with Crippen molar-refractivity contribution in [1.29, 1.82) is 5.16 Å². The van der Waals surface area contributed by atoms with Crippen molar-refractivity contribution in [3.63, 3.8) is 0 Å². The highest BCUT2D eigenvalue weighted by atomic mass is 32.3. The average Bonchev–Trinajstić information content (AvgIpc) is 2.61. The molecule has 0 atom stereocenters. The van der Waals surface area contributed by atoms with E-state index in [1.807, 2.05) is 66.7 Å². The Morgan fingerprint density at radius 3 is 1.58 bits per heavy atom. The number of ether oxygens (including phenoxy) is 1. The van der Waals surface area contributed by atoms with Crippen LogP contribution in [-0.4, -0.2) is 17.5 Å². The molecule has 3 aromatic carbocycles. The molecule has 0 unspecified atom stereocenters. The zero-order chi connectivity index (χ0) is 18.8. The van der Waals surface area contributed by atoms with Crippen LogP contribution < -0.4 is 20.7 Å². The molecule has 6 nitrogen and oxygen atoms in total. The van der Waals surface area contributed by atoms with Gasteiger partial charge >= 0.3 is 10.4 Å². The molecule has 0 saturated carbocycles. The second-order valence-corrected chi connectivity index (χ2v) is 9.21. The van der Waals surface area contributed by atoms with Gasteiger partial charge in [-0.2, -0.15) is 8.42 Å². The van der Waals surface area contributed by atoms with Crippen LogP contribution in [0.4, 0.5) is 0 Å². The molecule has 8 heteroatoms. The van der Waals surface area contributed by atoms with Gasteiger partial charge in [0, 0.05) is 15.9 Å². The number of benzene rings is 3. The van der Waals surface area contributed by atoms with Crippen molar-refractivity contribution < 1.29 is 22.3 Å². The van der Waals surface area contributed by atoms with E-state index in [1.54, 1.807) is 0 Å². The number of para-hydroxylation sites is 2. The van der Waals surface area contributed by atoms with E-state index in [4.69, 9.17) is 22.3 Å². The van der Waals surface area contributed by atoms with E-state index in [9.17, 15) is 5.16 Å². The highest BCUT2D eigenvalue weighted by Crippen LogP contribution is 2.51. The smallest absolute Gasteiger partial charge is 0.394 e. The first kappa shape index (κ1) is 18.4. The monoisotopic (exact) mass is 389 g/mol. The maximum Gasteiger partial charge on any atom is 0.394 e. The summed E-state index contributed by atoms with van der Waals surface area (Å²) in [6, 6.07) is 26.0. The second kappa shape index (κ2) is 7.05. The molecule has 4 rings (SSSR count). The lowest BCUT2D eigenvalue weighted by atomic mass is 10.3. The largest absolute Gasteiger partial charge is 0.456 e. The van der Waals surface area contributed by atoms with Gasteiger partial charge < -0.3 is 9.90 Å². The summed E-state index contributed by atoms with van der Waals surface area (Å²) in [5.41, 5.74) is 0. The third kappa shape index (κ3) is 3.71. The van der Waals surface area contributed by atoms with Gasteiger partial charge in [0.05, 0.1) is 7.05 Å². The summed E-state index contributed by atoms with van der Waals surface area (Å²) in [6.07, 6.45) is 0. The highest BCUT2D eigenvalue weighted by Gasteiger charge is 2.34. The molecule has 0 radical (unpaired) electrons. The van der Waals surface area contributed by atoms with Crippen LogP contribution in [0, 0.1) is 5.16 Å². The van der Waals surface area contributed by atoms with Gasteiger partial charge in [-0.15, -0.1) is 0 Å². The van der Waals surface area contributed by atoms with Gasteiger partial charge in [0.2, 0.25) is 0 Å². The Kier molecular flexibility index (Phi) is 4.98. The Bertz CT molecular complexity index is 1030. The number of fused-ring (bicyclic) bond motifs is 2. The fourth-order valence-electron chi connectivity index (χ4n) is 2.82. The van der Waals surface area contributed by atoms with E-state index < -0.39 is 17.5 Å². The number of hydrogen-bond donors (Lipinski definition) is 3. The van der Waals surface area contributed by atoms with Gasteiger partial charge in [-0.3, -0.25) is 9.11 Å². The first-order chi connectivity index (χ1) is 12.3. The van der Waals surface area contributed by atoms with Crippen molar-refractivity contribution in [3.8, 4) is 11.5 Å². The first-order valence-corrected chi connectivity index (χ1v) is 10.8. The SMILES string of the molecule is N=P1(c2ccccc2)c2ccccc2Oc2ccccc21.O=S(=O)(O)O. The molecule has 3 N–H and O–H groups in total. The highest BCUT2D eigenvalue weighted by molar-refractivity contribution is 7.86. The van der Waals surface area contributed by atoms with Gasteiger partial charge in [0.15, 0.2) is 0 Å². The predicted octanol–water partition coefficient (Wildman–Crippen LogP) is 3.20. The molecule has 0 amide bonds. The first-order valence-electron chi connectivity index (χ1n) is 7.57. The van der Waals surface area contributed by atoms with Crippen LogP contribution in [0.5, 0.6) is 11.5 Å². The van der Waals surface area contributed by atoms with E-state index >= 15 is 0 Å². The normalized spacial score (nSPS) is 14.1. The Hall–Kier alpha value is -2.44. The number of hydrogen-bond acceptors (Lipinski definition) is 4. The number of rotatable bonds is 1. The van der Waals surface area contributed by atoms with Crippen LogP contribution in [0.1, 0.15) is 0 Å². The molecule has 1 aliphatic rings. The minimum atomic E-state index is -4.67. The van der Waals surface area contributed by atoms with Gasteiger partial charge in [-0.05, 0) is 24.3 Å². The molecule has 1 aliphatic heterocycles. The molecule has 1 heterocycles. The van der Waals surface area contributed by atoms with Crippen LogP contribution in [0.15, 0.2) is 78.9 Å². The third-order valence-corrected chi connectivity index (χ3v) is 7.07. The quantitative estimate of drug-likeness (QED) is 0.342. The van der Waals surface area contributed by atoms with Crippen molar-refractivity contribution in [2.24, 2.45) is 0 Å². The van der Waals surface area contributed by atoms with Crippen molar-refractivity contribution in [2.45, 2.75) is 0 Å². The molecule has 0 aliphatic carbocycles. The Balaban J connectivity index is 0.000000349. The molecule has 0 spiro atoms. The van der Waals surface area contributed by atoms with Crippen LogP contribution in [-0.2, 0) is 10.4 Å². The van der Waals surface area contributed by atoms with E-state index in [1.165, 1.54) is 0 Å². The average molecular weight is 389 g/mol. The second-order valence-electron chi connectivity index (χ2n) is 5.49. The predicted molar refractivity (Wildman–Crippen MR) is 102 cm³/mol. The topological polar surface area (TPSA) is 108 Å². The molecule has 26 heavy (non-hydrogen) atoms. The molecule has 0 saturated heterocycles. The molecular formula is C18H16NO5PS. The van der Waals surface area contributed by atoms with Gasteiger partial charge in [0.25, 0.3) is 0 Å². The summed E-state index contributed by atoms with van der Waals surface area (Å²) >= 11 is 0. The zero-order valence-corrected chi connectivity index (χ0v) is 15.2. The van der Waals surface area contributed by atoms with Crippen LogP contribution in [0.2, 0.25) is 0 Å². The maximum atomic E-state index is 9.36. The lowest BCUT2D eigenvalue weighted by molar-refractivity contribution is 0.381. The Morgan fingerprint density at radius 1 is 0.731 bits per heavy atom. The minimum absolute atomic E-state index is 0.809. The van der Waals surface area contributed by atoms with Crippen molar-refractivity contribution in [1.82, 2.24) is 0 Å². The third-order valence-electron chi connectivity index (χ3n) is 3.82. The molecule has 134 valence electrons. The lowest BCUT2D eigenvalue weighted by Gasteiger charge is -2.31. The summed E-state index contributed by atoms with van der Waals surface area (Å²) in [7, 11) is -7.04. The number of nitrogens with one attached hydrogen (secondary N) is 1. The van der Waals surface area contributed by atoms with Crippen LogP contribution >= 0.6 is 7.05 Å². The van der Waals surface area contributed by atoms with Crippen molar-refractivity contribution >= 4 is 33.4 Å². The van der Waals surface area contributed by atoms with E-state index in [0.717, 1.165) is 27.4 Å². The van der Waals surface area contributed by atoms with E-state index in [-0.39, 0.29) is 0 Å². The summed E-state index contributed by atoms with van der Waals surface area (Å²) < 4.78 is 37.6. The lowest BCUT2D eigenvalue weighted by Crippen LogP contribution is -2.30. The van der Waals surface area contributed by atoms with Gasteiger partial charge in [0.1, 0.15) is 11.5 Å². The summed E-state index contributed by atoms with van der Waals surface area (Å²) in [5, 5.41) is 12.4. The Labute approximate surface area is 151 Å². The molecule has 0 aromatic heterocycles. The molecule has 0 bridgehead atoms. The maximum absolute atomic E-state index is 9.36. The zero-order valence-electron chi connectivity index (χ0n) is 13.5. The molecular weight excluding hydrogens is 373 g/mol. The fraction of sp³-hybridized carbons (Fsp3) is 0. The van der Waals surface area contributed by atoms with Gasteiger partial charge in [-0.1, -0.05) is 54.6 Å². The Morgan fingerprint density at radius 2 is 1.12 bits per heavy atom. The summed E-state index contributed by atoms with van der Waals surface area (Å²) in [4.78, 5) is 0. The van der Waals surface area contributed by atoms with Gasteiger partial charge in [-0.25, -0.2) is 0 Å². The minimum Gasteiger partial charge on any atom is -0.456 e. The van der Waals surface area contributed by atoms with Crippen molar-refractivity contribution in [3.05, 3.63) is 78.9 Å². The molecule has 3 aromatic rings. The fourth-order valence-corrected chi connectivity index (χ4v) is 5.78. The summed E-state index contributed by atoms with van der Waals surface area (Å²) in [5.74, 6) is 1.62. The summed E-state index contributed by atoms with van der Waals surface area (Å²) in [6.45, 7) is 0. The van der Waals surface area contributed by atoms with E-state index in [2.05, 4.69) is 12.1 Å².